The van der Waals surface area contributed by atoms with Crippen molar-refractivity contribution < 1.29 is 9.47 Å². The van der Waals surface area contributed by atoms with Crippen molar-refractivity contribution in [3.63, 3.8) is 0 Å². The first-order chi connectivity index (χ1) is 14.6. The van der Waals surface area contributed by atoms with E-state index in [0.29, 0.717) is 5.95 Å². The Morgan fingerprint density at radius 1 is 0.667 bits per heavy atom. The Bertz CT molecular complexity index is 843. The zero-order valence-corrected chi connectivity index (χ0v) is 18.1. The lowest BCUT2D eigenvalue weighted by Crippen LogP contribution is -2.48. The highest BCUT2D eigenvalue weighted by molar-refractivity contribution is 5.47. The summed E-state index contributed by atoms with van der Waals surface area (Å²) >= 11 is 0. The van der Waals surface area contributed by atoms with Crippen LogP contribution in [0.2, 0.25) is 0 Å². The van der Waals surface area contributed by atoms with E-state index in [1.807, 2.05) is 6.92 Å². The van der Waals surface area contributed by atoms with Gasteiger partial charge in [0.25, 0.3) is 0 Å². The summed E-state index contributed by atoms with van der Waals surface area (Å²) < 4.78 is 10.3. The summed E-state index contributed by atoms with van der Waals surface area (Å²) in [6, 6.07) is 2.57. The number of rotatable bonds is 5. The number of ether oxygens (including phenoxy) is 2. The third-order valence-electron chi connectivity index (χ3n) is 5.45. The van der Waals surface area contributed by atoms with Crippen LogP contribution >= 0.6 is 0 Å². The highest BCUT2D eigenvalue weighted by Gasteiger charge is 2.24. The second kappa shape index (κ2) is 8.82. The molecule has 2 aromatic rings. The van der Waals surface area contributed by atoms with Gasteiger partial charge in [-0.25, -0.2) is 4.98 Å². The smallest absolute Gasteiger partial charge is 0.324 e. The van der Waals surface area contributed by atoms with Crippen molar-refractivity contribution in [2.75, 3.05) is 88.3 Å². The molecular weight excluding hydrogens is 386 g/mol. The Hall–Kier alpha value is -2.95. The number of anilines is 3. The van der Waals surface area contributed by atoms with Crippen molar-refractivity contribution in [3.8, 4) is 12.0 Å². The summed E-state index contributed by atoms with van der Waals surface area (Å²) in [6.07, 6.45) is 0. The van der Waals surface area contributed by atoms with Gasteiger partial charge in [0.2, 0.25) is 11.9 Å². The molecule has 11 nitrogen and oxygen atoms in total. The Morgan fingerprint density at radius 3 is 1.70 bits per heavy atom. The van der Waals surface area contributed by atoms with Gasteiger partial charge in [0.05, 0.1) is 14.2 Å². The van der Waals surface area contributed by atoms with Gasteiger partial charge in [0, 0.05) is 64.1 Å². The molecule has 0 aliphatic carbocycles. The van der Waals surface area contributed by atoms with Crippen LogP contribution < -0.4 is 24.2 Å². The van der Waals surface area contributed by atoms with E-state index in [4.69, 9.17) is 19.4 Å². The normalized spacial score (nSPS) is 17.9. The maximum Gasteiger partial charge on any atom is 0.324 e. The van der Waals surface area contributed by atoms with Crippen molar-refractivity contribution in [3.05, 3.63) is 11.8 Å². The van der Waals surface area contributed by atoms with Crippen molar-refractivity contribution in [1.82, 2.24) is 29.8 Å². The van der Waals surface area contributed by atoms with Gasteiger partial charge in [0.15, 0.2) is 0 Å². The minimum atomic E-state index is 0.248. The molecule has 2 aromatic heterocycles. The van der Waals surface area contributed by atoms with Crippen LogP contribution in [0.25, 0.3) is 0 Å². The largest absolute Gasteiger partial charge is 0.467 e. The maximum absolute atomic E-state index is 5.16. The van der Waals surface area contributed by atoms with E-state index in [1.165, 1.54) is 14.2 Å². The number of piperazine rings is 2. The standard InChI is InChI=1S/C19H29N9O2/c1-14-13-15(26-7-5-25(2)6-8-26)21-16(20-14)27-9-11-28(12-10-27)17-22-18(29-3)24-19(23-17)30-4/h13H,5-12H2,1-4H3. The maximum atomic E-state index is 5.16. The average molecular weight is 416 g/mol. The topological polar surface area (TPSA) is 95.9 Å². The van der Waals surface area contributed by atoms with Crippen molar-refractivity contribution in [2.24, 2.45) is 0 Å². The van der Waals surface area contributed by atoms with Crippen LogP contribution in [0.15, 0.2) is 6.07 Å². The van der Waals surface area contributed by atoms with Crippen LogP contribution in [-0.2, 0) is 0 Å². The van der Waals surface area contributed by atoms with E-state index in [-0.39, 0.29) is 12.0 Å². The van der Waals surface area contributed by atoms with E-state index < -0.39 is 0 Å². The molecule has 0 saturated carbocycles. The molecule has 0 aromatic carbocycles. The summed E-state index contributed by atoms with van der Waals surface area (Å²) in [6.45, 7) is 9.17. The van der Waals surface area contributed by atoms with Gasteiger partial charge in [-0.1, -0.05) is 0 Å². The number of aryl methyl sites for hydroxylation is 1. The first kappa shape index (κ1) is 20.3. The van der Waals surface area contributed by atoms with Gasteiger partial charge < -0.3 is 29.1 Å². The van der Waals surface area contributed by atoms with Crippen LogP contribution in [-0.4, -0.2) is 103 Å². The molecule has 4 heterocycles. The molecular formula is C19H29N9O2. The van der Waals surface area contributed by atoms with Crippen LogP contribution in [0.4, 0.5) is 17.7 Å². The fourth-order valence-electron chi connectivity index (χ4n) is 3.63. The summed E-state index contributed by atoms with van der Waals surface area (Å²) in [7, 11) is 5.22. The number of hydrogen-bond donors (Lipinski definition) is 0. The van der Waals surface area contributed by atoms with Crippen LogP contribution in [0.3, 0.4) is 0 Å². The predicted molar refractivity (Wildman–Crippen MR) is 114 cm³/mol. The number of methoxy groups -OCH3 is 2. The first-order valence-electron chi connectivity index (χ1n) is 10.2. The molecule has 162 valence electrons. The summed E-state index contributed by atoms with van der Waals surface area (Å²) in [5, 5.41) is 0. The van der Waals surface area contributed by atoms with E-state index in [9.17, 15) is 0 Å². The SMILES string of the molecule is COc1nc(OC)nc(N2CCN(c3nc(C)cc(N4CCN(C)CC4)n3)CC2)n1. The highest BCUT2D eigenvalue weighted by Crippen LogP contribution is 2.22. The van der Waals surface area contributed by atoms with Gasteiger partial charge in [-0.2, -0.15) is 15.0 Å². The summed E-state index contributed by atoms with van der Waals surface area (Å²) in [5.74, 6) is 2.36. The lowest BCUT2D eigenvalue weighted by molar-refractivity contribution is 0.312. The van der Waals surface area contributed by atoms with E-state index in [1.54, 1.807) is 0 Å². The molecule has 30 heavy (non-hydrogen) atoms. The lowest BCUT2D eigenvalue weighted by Gasteiger charge is -2.36. The Labute approximate surface area is 176 Å². The monoisotopic (exact) mass is 415 g/mol. The molecule has 0 atom stereocenters. The predicted octanol–water partition coefficient (Wildman–Crippen LogP) is 0.0656. The molecule has 0 bridgehead atoms. The van der Waals surface area contributed by atoms with Crippen LogP contribution in [0.5, 0.6) is 12.0 Å². The molecule has 2 aliphatic rings. The minimum Gasteiger partial charge on any atom is -0.467 e. The molecule has 0 radical (unpaired) electrons. The van der Waals surface area contributed by atoms with Crippen molar-refractivity contribution in [2.45, 2.75) is 6.92 Å². The van der Waals surface area contributed by atoms with Crippen molar-refractivity contribution >= 4 is 17.7 Å². The fraction of sp³-hybridized carbons (Fsp3) is 0.632. The third-order valence-corrected chi connectivity index (χ3v) is 5.45. The quantitative estimate of drug-likeness (QED) is 0.663. The highest BCUT2D eigenvalue weighted by atomic mass is 16.5. The van der Waals surface area contributed by atoms with Crippen LogP contribution in [0.1, 0.15) is 5.69 Å². The number of nitrogens with zero attached hydrogens (tertiary/aromatic N) is 9. The molecule has 4 rings (SSSR count). The van der Waals surface area contributed by atoms with E-state index in [2.05, 4.69) is 47.7 Å². The summed E-state index contributed by atoms with van der Waals surface area (Å²) in [5.41, 5.74) is 0.989. The van der Waals surface area contributed by atoms with E-state index in [0.717, 1.165) is 69.8 Å². The minimum absolute atomic E-state index is 0.248. The Morgan fingerprint density at radius 2 is 1.17 bits per heavy atom. The van der Waals surface area contributed by atoms with Crippen LogP contribution in [0, 0.1) is 6.92 Å². The van der Waals surface area contributed by atoms with E-state index >= 15 is 0 Å². The third kappa shape index (κ3) is 4.45. The Balaban J connectivity index is 1.45. The average Bonchev–Trinajstić information content (AvgIpc) is 2.79. The van der Waals surface area contributed by atoms with Gasteiger partial charge in [-0.05, 0) is 14.0 Å². The van der Waals surface area contributed by atoms with Gasteiger partial charge in [-0.15, -0.1) is 4.98 Å². The first-order valence-corrected chi connectivity index (χ1v) is 10.2. The molecule has 2 saturated heterocycles. The molecule has 0 amide bonds. The number of likely N-dealkylation sites (N-methyl/N-ethyl adjacent to an activating group) is 1. The fourth-order valence-corrected chi connectivity index (χ4v) is 3.63. The molecule has 0 unspecified atom stereocenters. The Kier molecular flexibility index (Phi) is 5.98. The molecule has 2 fully saturated rings. The van der Waals surface area contributed by atoms with Crippen molar-refractivity contribution in [1.29, 1.82) is 0 Å². The second-order valence-electron chi connectivity index (χ2n) is 7.54. The summed E-state index contributed by atoms with van der Waals surface area (Å²) in [4.78, 5) is 31.4. The van der Waals surface area contributed by atoms with Gasteiger partial charge >= 0.3 is 12.0 Å². The molecule has 0 spiro atoms. The zero-order valence-electron chi connectivity index (χ0n) is 18.1. The van der Waals surface area contributed by atoms with Gasteiger partial charge in [0.1, 0.15) is 5.82 Å². The number of aromatic nitrogens is 5. The number of hydrogen-bond acceptors (Lipinski definition) is 11. The molecule has 2 aliphatic heterocycles. The zero-order chi connectivity index (χ0) is 21.1. The lowest BCUT2D eigenvalue weighted by atomic mass is 10.3. The molecule has 11 heteroatoms. The second-order valence-corrected chi connectivity index (χ2v) is 7.54. The van der Waals surface area contributed by atoms with Gasteiger partial charge in [-0.3, -0.25) is 0 Å². The molecule has 0 N–H and O–H groups in total.